The minimum Gasteiger partial charge on any atom is -0.467 e. The van der Waals surface area contributed by atoms with Gasteiger partial charge in [0, 0.05) is 42.5 Å². The maximum Gasteiger partial charge on any atom is 0.363 e. The van der Waals surface area contributed by atoms with E-state index in [4.69, 9.17) is 9.05 Å². The first kappa shape index (κ1) is 25.6. The van der Waals surface area contributed by atoms with Crippen LogP contribution >= 0.6 is 23.5 Å². The summed E-state index contributed by atoms with van der Waals surface area (Å²) in [5.74, 6) is -3.75. The normalized spacial score (nSPS) is 12.2. The lowest BCUT2D eigenvalue weighted by Crippen LogP contribution is -2.42. The van der Waals surface area contributed by atoms with Gasteiger partial charge in [-0.15, -0.1) is 0 Å². The molecule has 0 aliphatic heterocycles. The van der Waals surface area contributed by atoms with E-state index >= 15 is 0 Å². The molecule has 0 radical (unpaired) electrons. The van der Waals surface area contributed by atoms with Crippen LogP contribution in [0.25, 0.3) is 10.9 Å². The Morgan fingerprint density at radius 2 is 1.76 bits per heavy atom. The van der Waals surface area contributed by atoms with Gasteiger partial charge in [-0.25, -0.2) is 4.79 Å². The lowest BCUT2D eigenvalue weighted by atomic mass is 10.1. The average molecular weight is 552 g/mol. The van der Waals surface area contributed by atoms with Crippen molar-refractivity contribution in [2.75, 3.05) is 21.3 Å². The molecule has 3 rings (SSSR count). The van der Waals surface area contributed by atoms with E-state index in [2.05, 4.69) is 36.3 Å². The van der Waals surface area contributed by atoms with E-state index in [-0.39, 0.29) is 11.5 Å². The van der Waals surface area contributed by atoms with Gasteiger partial charge in [-0.05, 0) is 57.2 Å². The quantitative estimate of drug-likeness (QED) is 0.273. The molecule has 1 atom stereocenters. The van der Waals surface area contributed by atoms with Gasteiger partial charge in [-0.1, -0.05) is 12.1 Å². The van der Waals surface area contributed by atoms with E-state index in [1.807, 2.05) is 30.5 Å². The molecule has 3 N–H and O–H groups in total. The van der Waals surface area contributed by atoms with E-state index in [1.165, 1.54) is 18.2 Å². The van der Waals surface area contributed by atoms with E-state index < -0.39 is 25.3 Å². The van der Waals surface area contributed by atoms with E-state index in [9.17, 15) is 18.9 Å². The number of amides is 2. The molecule has 1 unspecified atom stereocenters. The number of H-pyrrole nitrogens is 1. The Labute approximate surface area is 204 Å². The second-order valence-electron chi connectivity index (χ2n) is 7.08. The largest absolute Gasteiger partial charge is 0.467 e. The molecule has 2 aromatic carbocycles. The van der Waals surface area contributed by atoms with Crippen molar-refractivity contribution in [3.05, 3.63) is 69.8 Å². The Balaban J connectivity index is 1.71. The molecule has 0 saturated carbocycles. The van der Waals surface area contributed by atoms with E-state index in [1.54, 1.807) is 0 Å². The molecule has 0 aliphatic carbocycles. The van der Waals surface area contributed by atoms with Crippen LogP contribution < -0.4 is 10.6 Å². The highest BCUT2D eigenvalue weighted by atomic mass is 79.9. The van der Waals surface area contributed by atoms with Crippen LogP contribution in [0, 0.1) is 0 Å². The Morgan fingerprint density at radius 1 is 1.03 bits per heavy atom. The molecule has 34 heavy (non-hydrogen) atoms. The summed E-state index contributed by atoms with van der Waals surface area (Å²) in [5, 5.41) is 6.23. The minimum absolute atomic E-state index is 0.0985. The summed E-state index contributed by atoms with van der Waals surface area (Å²) in [6.07, 6.45) is 1.85. The van der Waals surface area contributed by atoms with Gasteiger partial charge in [0.05, 0.1) is 12.7 Å². The summed E-state index contributed by atoms with van der Waals surface area (Å²) in [6.45, 7) is 0.317. The molecule has 2 amide bonds. The van der Waals surface area contributed by atoms with Crippen LogP contribution in [-0.2, 0) is 29.7 Å². The molecule has 3 aromatic rings. The molecule has 0 fully saturated rings. The lowest BCUT2D eigenvalue weighted by molar-refractivity contribution is -0.141. The second kappa shape index (κ2) is 11.0. The predicted molar refractivity (Wildman–Crippen MR) is 129 cm³/mol. The molecule has 0 aliphatic rings. The summed E-state index contributed by atoms with van der Waals surface area (Å²) in [4.78, 5) is 40.6. The third kappa shape index (κ3) is 5.56. The number of hydrogen-bond acceptors (Lipinski definition) is 7. The SMILES string of the molecule is COC(=O)C(NC(=O)c1ccc(C(=O)NCc2ccc3cc[nH]c3c2)cc1Br)P(=O)(OC)OC. The smallest absolute Gasteiger partial charge is 0.363 e. The van der Waals surface area contributed by atoms with Crippen molar-refractivity contribution in [1.82, 2.24) is 15.6 Å². The molecule has 1 aromatic heterocycles. The summed E-state index contributed by atoms with van der Waals surface area (Å²) >= 11 is 3.27. The van der Waals surface area contributed by atoms with Crippen molar-refractivity contribution in [1.29, 1.82) is 0 Å². The van der Waals surface area contributed by atoms with Gasteiger partial charge in [-0.3, -0.25) is 14.2 Å². The zero-order valence-electron chi connectivity index (χ0n) is 18.6. The Hall–Kier alpha value is -2.98. The number of aromatic amines is 1. The van der Waals surface area contributed by atoms with E-state index in [0.29, 0.717) is 16.6 Å². The number of rotatable bonds is 9. The number of benzene rings is 2. The van der Waals surface area contributed by atoms with Crippen LogP contribution in [0.2, 0.25) is 0 Å². The zero-order chi connectivity index (χ0) is 24.9. The van der Waals surface area contributed by atoms with Gasteiger partial charge in [0.2, 0.25) is 5.78 Å². The van der Waals surface area contributed by atoms with Gasteiger partial charge in [0.15, 0.2) is 0 Å². The minimum atomic E-state index is -4.02. The number of aromatic nitrogens is 1. The third-order valence-corrected chi connectivity index (χ3v) is 7.71. The zero-order valence-corrected chi connectivity index (χ0v) is 21.1. The Kier molecular flexibility index (Phi) is 8.27. The number of hydrogen-bond donors (Lipinski definition) is 3. The molecule has 0 bridgehead atoms. The highest BCUT2D eigenvalue weighted by Crippen LogP contribution is 2.50. The van der Waals surface area contributed by atoms with Crippen LogP contribution in [0.5, 0.6) is 0 Å². The van der Waals surface area contributed by atoms with Gasteiger partial charge in [-0.2, -0.15) is 0 Å². The standard InChI is InChI=1S/C22H23BrN3O7P/c1-31-22(29)21(34(30,32-2)33-3)26-20(28)16-7-6-15(11-17(16)23)19(27)25-12-13-4-5-14-8-9-24-18(14)10-13/h4-11,21,24H,12H2,1-3H3,(H,25,27)(H,26,28). The first-order chi connectivity index (χ1) is 16.2. The number of methoxy groups -OCH3 is 1. The van der Waals surface area contributed by atoms with Gasteiger partial charge < -0.3 is 29.4 Å². The number of fused-ring (bicyclic) bond motifs is 1. The maximum atomic E-state index is 12.8. The molecule has 1 heterocycles. The van der Waals surface area contributed by atoms with Crippen LogP contribution in [0.4, 0.5) is 0 Å². The first-order valence-corrected chi connectivity index (χ1v) is 12.4. The summed E-state index contributed by atoms with van der Waals surface area (Å²) < 4.78 is 27.2. The van der Waals surface area contributed by atoms with E-state index in [0.717, 1.165) is 37.8 Å². The molecule has 180 valence electrons. The predicted octanol–water partition coefficient (Wildman–Crippen LogP) is 3.58. The second-order valence-corrected chi connectivity index (χ2v) is 10.3. The van der Waals surface area contributed by atoms with Crippen molar-refractivity contribution in [3.8, 4) is 0 Å². The van der Waals surface area contributed by atoms with Crippen molar-refractivity contribution in [3.63, 3.8) is 0 Å². The topological polar surface area (TPSA) is 136 Å². The van der Waals surface area contributed by atoms with Gasteiger partial charge >= 0.3 is 13.6 Å². The molecular formula is C22H23BrN3O7P. The summed E-state index contributed by atoms with van der Waals surface area (Å²) in [6, 6.07) is 12.1. The Bertz CT molecular complexity index is 1270. The lowest BCUT2D eigenvalue weighted by Gasteiger charge is -2.23. The molecule has 10 nitrogen and oxygen atoms in total. The van der Waals surface area contributed by atoms with Crippen LogP contribution in [0.1, 0.15) is 26.3 Å². The van der Waals surface area contributed by atoms with Crippen molar-refractivity contribution in [2.45, 2.75) is 12.3 Å². The van der Waals surface area contributed by atoms with Gasteiger partial charge in [0.1, 0.15) is 0 Å². The monoisotopic (exact) mass is 551 g/mol. The number of esters is 1. The fraction of sp³-hybridized carbons (Fsp3) is 0.227. The number of nitrogens with one attached hydrogen (secondary N) is 3. The molecular weight excluding hydrogens is 529 g/mol. The Morgan fingerprint density at radius 3 is 2.41 bits per heavy atom. The van der Waals surface area contributed by atoms with Gasteiger partial charge in [0.25, 0.3) is 11.8 Å². The van der Waals surface area contributed by atoms with Crippen LogP contribution in [-0.4, -0.2) is 49.9 Å². The number of ether oxygens (including phenoxy) is 1. The fourth-order valence-corrected chi connectivity index (χ4v) is 4.96. The summed E-state index contributed by atoms with van der Waals surface area (Å²) in [5.41, 5.74) is 2.31. The number of carbonyl (C=O) groups excluding carboxylic acids is 3. The van der Waals surface area contributed by atoms with Crippen LogP contribution in [0.15, 0.2) is 53.1 Å². The fourth-order valence-electron chi connectivity index (χ4n) is 3.20. The maximum absolute atomic E-state index is 12.8. The number of halogens is 1. The summed E-state index contributed by atoms with van der Waals surface area (Å²) in [7, 11) is -0.758. The molecule has 12 heteroatoms. The number of carbonyl (C=O) groups is 3. The van der Waals surface area contributed by atoms with Crippen LogP contribution in [0.3, 0.4) is 0 Å². The average Bonchev–Trinajstić information content (AvgIpc) is 3.32. The van der Waals surface area contributed by atoms with Crippen molar-refractivity contribution < 1.29 is 32.7 Å². The molecule has 0 saturated heterocycles. The van der Waals surface area contributed by atoms with Crippen molar-refractivity contribution in [2.24, 2.45) is 0 Å². The first-order valence-electron chi connectivity index (χ1n) is 9.96. The third-order valence-electron chi connectivity index (χ3n) is 5.07. The molecule has 0 spiro atoms. The van der Waals surface area contributed by atoms with Crippen molar-refractivity contribution >= 4 is 52.2 Å². The highest BCUT2D eigenvalue weighted by Gasteiger charge is 2.42. The highest BCUT2D eigenvalue weighted by molar-refractivity contribution is 9.10.